The highest BCUT2D eigenvalue weighted by atomic mass is 35.5. The third-order valence-electron chi connectivity index (χ3n) is 3.06. The highest BCUT2D eigenvalue weighted by Gasteiger charge is 2.20. The third-order valence-corrected chi connectivity index (χ3v) is 3.31. The van der Waals surface area contributed by atoms with Crippen LogP contribution in [0.5, 0.6) is 0 Å². The molecule has 2 heteroatoms. The summed E-state index contributed by atoms with van der Waals surface area (Å²) < 4.78 is 0. The Labute approximate surface area is 90.3 Å². The molecule has 0 spiro atoms. The maximum Gasteiger partial charge on any atom is 0.0406 e. The lowest BCUT2D eigenvalue weighted by molar-refractivity contribution is 0.393. The number of hydrogen-bond acceptors (Lipinski definition) is 1. The molecular formula is C12H16ClN. The van der Waals surface area contributed by atoms with E-state index >= 15 is 0 Å². The predicted molar refractivity (Wildman–Crippen MR) is 60.6 cm³/mol. The molecule has 1 nitrogen and oxygen atoms in total. The second-order valence-electron chi connectivity index (χ2n) is 4.18. The maximum atomic E-state index is 5.97. The van der Waals surface area contributed by atoms with E-state index in [2.05, 4.69) is 12.1 Å². The van der Waals surface area contributed by atoms with E-state index in [0.29, 0.717) is 12.0 Å². The van der Waals surface area contributed by atoms with Gasteiger partial charge in [0, 0.05) is 11.1 Å². The van der Waals surface area contributed by atoms with E-state index in [0.717, 1.165) is 11.4 Å². The normalized spacial score (nSPS) is 27.6. The lowest BCUT2D eigenvalue weighted by Crippen LogP contribution is -2.26. The Balaban J connectivity index is 2.10. The van der Waals surface area contributed by atoms with Gasteiger partial charge in [-0.2, -0.15) is 0 Å². The molecule has 0 unspecified atom stereocenters. The summed E-state index contributed by atoms with van der Waals surface area (Å²) in [5, 5.41) is 0.814. The van der Waals surface area contributed by atoms with Gasteiger partial charge in [-0.25, -0.2) is 0 Å². The average molecular weight is 210 g/mol. The summed E-state index contributed by atoms with van der Waals surface area (Å²) in [6.07, 6.45) is 4.84. The van der Waals surface area contributed by atoms with Crippen LogP contribution in [0.1, 0.15) is 37.2 Å². The molecule has 0 aliphatic heterocycles. The molecule has 2 atom stereocenters. The molecule has 0 bridgehead atoms. The summed E-state index contributed by atoms with van der Waals surface area (Å²) in [5.74, 6) is 0.649. The van der Waals surface area contributed by atoms with Crippen molar-refractivity contribution in [1.82, 2.24) is 0 Å². The van der Waals surface area contributed by atoms with E-state index in [1.807, 2.05) is 12.1 Å². The van der Waals surface area contributed by atoms with Crippen LogP contribution in [0.2, 0.25) is 5.02 Å². The lowest BCUT2D eigenvalue weighted by Gasteiger charge is -2.26. The fourth-order valence-electron chi connectivity index (χ4n) is 2.27. The Morgan fingerprint density at radius 3 is 2.50 bits per heavy atom. The molecule has 14 heavy (non-hydrogen) atoms. The maximum absolute atomic E-state index is 5.97. The monoisotopic (exact) mass is 209 g/mol. The van der Waals surface area contributed by atoms with E-state index in [1.54, 1.807) is 0 Å². The molecule has 0 amide bonds. The third kappa shape index (κ3) is 2.28. The number of rotatable bonds is 1. The van der Waals surface area contributed by atoms with Gasteiger partial charge in [0.2, 0.25) is 0 Å². The molecule has 0 radical (unpaired) electrons. The summed E-state index contributed by atoms with van der Waals surface area (Å²) in [4.78, 5) is 0. The Hall–Kier alpha value is -0.530. The van der Waals surface area contributed by atoms with E-state index < -0.39 is 0 Å². The molecule has 1 saturated carbocycles. The highest BCUT2D eigenvalue weighted by Crippen LogP contribution is 2.32. The highest BCUT2D eigenvalue weighted by molar-refractivity contribution is 6.30. The van der Waals surface area contributed by atoms with Crippen molar-refractivity contribution in [3.8, 4) is 0 Å². The van der Waals surface area contributed by atoms with Gasteiger partial charge in [-0.3, -0.25) is 0 Å². The van der Waals surface area contributed by atoms with Crippen LogP contribution in [0.15, 0.2) is 24.3 Å². The Bertz CT molecular complexity index is 294. The van der Waals surface area contributed by atoms with Crippen molar-refractivity contribution in [2.45, 2.75) is 37.6 Å². The number of nitrogens with two attached hydrogens (primary N) is 1. The van der Waals surface area contributed by atoms with Crippen LogP contribution in [-0.2, 0) is 0 Å². The molecule has 1 aliphatic rings. The van der Waals surface area contributed by atoms with E-state index in [-0.39, 0.29) is 0 Å². The molecule has 2 rings (SSSR count). The van der Waals surface area contributed by atoms with Crippen LogP contribution in [-0.4, -0.2) is 6.04 Å². The van der Waals surface area contributed by atoms with Crippen molar-refractivity contribution in [2.24, 2.45) is 5.73 Å². The number of halogens is 1. The zero-order valence-corrected chi connectivity index (χ0v) is 9.00. The number of benzene rings is 1. The Morgan fingerprint density at radius 1 is 1.14 bits per heavy atom. The summed E-state index contributed by atoms with van der Waals surface area (Å²) in [5.41, 5.74) is 7.36. The van der Waals surface area contributed by atoms with E-state index in [9.17, 15) is 0 Å². The van der Waals surface area contributed by atoms with Gasteiger partial charge in [0.15, 0.2) is 0 Å². The first kappa shape index (κ1) is 10.0. The minimum Gasteiger partial charge on any atom is -0.328 e. The minimum atomic E-state index is 0.393. The van der Waals surface area contributed by atoms with Crippen molar-refractivity contribution in [1.29, 1.82) is 0 Å². The second-order valence-corrected chi connectivity index (χ2v) is 4.61. The summed E-state index contributed by atoms with van der Waals surface area (Å²) in [6.45, 7) is 0. The van der Waals surface area contributed by atoms with Gasteiger partial charge in [-0.1, -0.05) is 30.2 Å². The fraction of sp³-hybridized carbons (Fsp3) is 0.500. The van der Waals surface area contributed by atoms with Crippen LogP contribution in [0.4, 0.5) is 0 Å². The van der Waals surface area contributed by atoms with Gasteiger partial charge in [0.25, 0.3) is 0 Å². The van der Waals surface area contributed by atoms with Gasteiger partial charge >= 0.3 is 0 Å². The average Bonchev–Trinajstić information content (AvgIpc) is 2.19. The predicted octanol–water partition coefficient (Wildman–Crippen LogP) is 3.32. The van der Waals surface area contributed by atoms with Gasteiger partial charge < -0.3 is 5.73 Å². The number of hydrogen-bond donors (Lipinski definition) is 1. The van der Waals surface area contributed by atoms with Crippen molar-refractivity contribution >= 4 is 11.6 Å². The molecule has 76 valence electrons. The molecule has 0 saturated heterocycles. The summed E-state index contributed by atoms with van der Waals surface area (Å²) >= 11 is 5.85. The van der Waals surface area contributed by atoms with Crippen LogP contribution in [0, 0.1) is 0 Å². The SMILES string of the molecule is N[C@@H]1CCC[C@@H](c2ccc(Cl)cc2)C1. The smallest absolute Gasteiger partial charge is 0.0406 e. The van der Waals surface area contributed by atoms with E-state index in [1.165, 1.54) is 24.8 Å². The standard InChI is InChI=1S/C12H16ClN/c13-11-6-4-9(5-7-11)10-2-1-3-12(14)8-10/h4-7,10,12H,1-3,8,14H2/t10-,12-/m1/s1. The molecule has 1 aromatic rings. The summed E-state index contributed by atoms with van der Waals surface area (Å²) in [6, 6.07) is 8.59. The van der Waals surface area contributed by atoms with Crippen molar-refractivity contribution in [3.63, 3.8) is 0 Å². The first-order chi connectivity index (χ1) is 6.75. The Kier molecular flexibility index (Phi) is 3.09. The lowest BCUT2D eigenvalue weighted by atomic mass is 9.82. The van der Waals surface area contributed by atoms with Crippen LogP contribution < -0.4 is 5.73 Å². The van der Waals surface area contributed by atoms with Crippen molar-refractivity contribution < 1.29 is 0 Å². The van der Waals surface area contributed by atoms with E-state index in [4.69, 9.17) is 17.3 Å². The second kappa shape index (κ2) is 4.33. The Morgan fingerprint density at radius 2 is 1.86 bits per heavy atom. The molecule has 2 N–H and O–H groups in total. The zero-order chi connectivity index (χ0) is 9.97. The van der Waals surface area contributed by atoms with Crippen LogP contribution in [0.3, 0.4) is 0 Å². The van der Waals surface area contributed by atoms with Gasteiger partial charge in [0.1, 0.15) is 0 Å². The van der Waals surface area contributed by atoms with Gasteiger partial charge in [-0.15, -0.1) is 0 Å². The fourth-order valence-corrected chi connectivity index (χ4v) is 2.39. The minimum absolute atomic E-state index is 0.393. The summed E-state index contributed by atoms with van der Waals surface area (Å²) in [7, 11) is 0. The quantitative estimate of drug-likeness (QED) is 0.755. The zero-order valence-electron chi connectivity index (χ0n) is 8.25. The molecular weight excluding hydrogens is 194 g/mol. The van der Waals surface area contributed by atoms with Crippen molar-refractivity contribution in [3.05, 3.63) is 34.9 Å². The van der Waals surface area contributed by atoms with Crippen LogP contribution >= 0.6 is 11.6 Å². The molecule has 1 aliphatic carbocycles. The topological polar surface area (TPSA) is 26.0 Å². The first-order valence-electron chi connectivity index (χ1n) is 5.27. The largest absolute Gasteiger partial charge is 0.328 e. The van der Waals surface area contributed by atoms with Gasteiger partial charge in [-0.05, 0) is 42.9 Å². The van der Waals surface area contributed by atoms with Gasteiger partial charge in [0.05, 0.1) is 0 Å². The van der Waals surface area contributed by atoms with Crippen LogP contribution in [0.25, 0.3) is 0 Å². The van der Waals surface area contributed by atoms with Crippen molar-refractivity contribution in [2.75, 3.05) is 0 Å². The molecule has 0 aromatic heterocycles. The molecule has 0 heterocycles. The molecule has 1 fully saturated rings. The molecule has 1 aromatic carbocycles. The first-order valence-corrected chi connectivity index (χ1v) is 5.64.